The maximum absolute atomic E-state index is 14.0. The van der Waals surface area contributed by atoms with E-state index in [1.807, 2.05) is 44.3 Å². The largest absolute Gasteiger partial charge is 0.390 e. The normalized spacial score (nSPS) is 17.2. The average molecular weight is 665 g/mol. The lowest BCUT2D eigenvalue weighted by atomic mass is 9.82. The Balaban J connectivity index is 2.30. The van der Waals surface area contributed by atoms with E-state index in [9.17, 15) is 24.6 Å². The van der Waals surface area contributed by atoms with Crippen molar-refractivity contribution in [3.63, 3.8) is 0 Å². The molecule has 1 aliphatic carbocycles. The molecule has 9 nitrogen and oxygen atoms in total. The number of rotatable bonds is 21. The molecule has 1 aliphatic rings. The van der Waals surface area contributed by atoms with Crippen molar-refractivity contribution < 1.29 is 24.6 Å². The number of nitrogens with zero attached hydrogens (tertiary/aromatic N) is 2. The fourth-order valence-electron chi connectivity index (χ4n) is 6.39. The fourth-order valence-corrected chi connectivity index (χ4v) is 6.39. The van der Waals surface area contributed by atoms with Crippen LogP contribution >= 0.6 is 0 Å². The van der Waals surface area contributed by atoms with Gasteiger partial charge in [-0.25, -0.2) is 0 Å². The van der Waals surface area contributed by atoms with E-state index in [1.54, 1.807) is 11.9 Å². The number of unbranched alkanes of at least 4 members (excludes halogenated alkanes) is 1. The van der Waals surface area contributed by atoms with Gasteiger partial charge >= 0.3 is 0 Å². The van der Waals surface area contributed by atoms with E-state index in [1.165, 1.54) is 0 Å². The summed E-state index contributed by atoms with van der Waals surface area (Å²) in [5.41, 5.74) is 0.901. The lowest BCUT2D eigenvalue weighted by Gasteiger charge is -2.34. The van der Waals surface area contributed by atoms with Gasteiger partial charge in [0.2, 0.25) is 17.7 Å². The van der Waals surface area contributed by atoms with E-state index in [2.05, 4.69) is 34.3 Å². The Hall–Kier alpha value is -3.37. The van der Waals surface area contributed by atoms with Gasteiger partial charge in [-0.05, 0) is 57.2 Å². The number of aliphatic hydroxyl groups excluding tert-OH is 2. The second-order valence-corrected chi connectivity index (χ2v) is 13.5. The number of hydrogen-bond acceptors (Lipinski definition) is 6. The van der Waals surface area contributed by atoms with Gasteiger partial charge in [-0.2, -0.15) is 0 Å². The molecule has 1 unspecified atom stereocenters. The predicted octanol–water partition coefficient (Wildman–Crippen LogP) is 3.77. The van der Waals surface area contributed by atoms with Crippen molar-refractivity contribution >= 4 is 17.7 Å². The highest BCUT2D eigenvalue weighted by Gasteiger charge is 2.36. The molecule has 2 rings (SSSR count). The van der Waals surface area contributed by atoms with Crippen molar-refractivity contribution in [2.75, 3.05) is 33.7 Å². The fraction of sp³-hybridized carbons (Fsp3) is 0.667. The van der Waals surface area contributed by atoms with Gasteiger partial charge in [-0.3, -0.25) is 14.4 Å². The third kappa shape index (κ3) is 14.0. The van der Waals surface area contributed by atoms with Crippen LogP contribution in [0.15, 0.2) is 30.3 Å². The topological polar surface area (TPSA) is 122 Å². The van der Waals surface area contributed by atoms with Crippen LogP contribution in [0.25, 0.3) is 0 Å². The molecule has 0 aromatic heterocycles. The first-order valence-electron chi connectivity index (χ1n) is 17.9. The maximum atomic E-state index is 14.0. The van der Waals surface area contributed by atoms with E-state index in [0.717, 1.165) is 44.2 Å². The molecular formula is C39H60N4O5. The van der Waals surface area contributed by atoms with Crippen molar-refractivity contribution in [1.29, 1.82) is 0 Å². The summed E-state index contributed by atoms with van der Waals surface area (Å²) in [6.07, 6.45) is 16.9. The number of nitrogens with one attached hydrogen (secondary N) is 2. The molecule has 0 radical (unpaired) electrons. The van der Waals surface area contributed by atoms with Gasteiger partial charge in [-0.15, -0.1) is 24.7 Å². The van der Waals surface area contributed by atoms with Crippen molar-refractivity contribution in [1.82, 2.24) is 20.4 Å². The Kier molecular flexibility index (Phi) is 19.0. The molecular weight excluding hydrogens is 604 g/mol. The Morgan fingerprint density at radius 2 is 1.67 bits per heavy atom. The predicted molar refractivity (Wildman–Crippen MR) is 191 cm³/mol. The van der Waals surface area contributed by atoms with Gasteiger partial charge < -0.3 is 30.6 Å². The summed E-state index contributed by atoms with van der Waals surface area (Å²) < 4.78 is 0. The van der Waals surface area contributed by atoms with Crippen LogP contribution in [0.2, 0.25) is 0 Å². The molecule has 1 fully saturated rings. The standard InChI is InChI=1S/C39H60N4O5/c1-7-11-14-23-34(44)37(46)33(27-30-21-17-13-18-22-30)40-39(48)36(31(8-2)9-3)41-38(47)32(26-29-19-15-12-16-20-29)28-35(45)43(6)25-24-42(5)10-4/h1-2,12,15-16,19-20,30-34,36-37,44,46H,9-11,13-14,17-18,21-28H2,3-6H3,(H,40,48)(H,41,47)/t31?,32-,33-,34-,36-,37+/m0/s1. The zero-order chi connectivity index (χ0) is 35.5. The van der Waals surface area contributed by atoms with E-state index in [0.29, 0.717) is 57.5 Å². The van der Waals surface area contributed by atoms with Gasteiger partial charge in [0.1, 0.15) is 6.04 Å². The molecule has 1 aromatic rings. The molecule has 0 heterocycles. The molecule has 4 N–H and O–H groups in total. The van der Waals surface area contributed by atoms with Crippen LogP contribution in [0.4, 0.5) is 0 Å². The van der Waals surface area contributed by atoms with Crippen LogP contribution in [-0.4, -0.2) is 95.8 Å². The Bertz CT molecular complexity index is 1190. The Morgan fingerprint density at radius 3 is 2.27 bits per heavy atom. The van der Waals surface area contributed by atoms with Gasteiger partial charge in [0, 0.05) is 38.9 Å². The lowest BCUT2D eigenvalue weighted by molar-refractivity contribution is -0.137. The SMILES string of the molecule is C#CCCC[C@H](O)[C@H](O)[C@H](CC1CCCCC1)NC(=O)[C@@H](NC(=O)[C@H](CC(=O)N(C)CCN(C)CC)Cc1ccccc1)C(C#C)CC. The summed E-state index contributed by atoms with van der Waals surface area (Å²) in [7, 11) is 3.73. The summed E-state index contributed by atoms with van der Waals surface area (Å²) in [5.74, 6) is 3.07. The molecule has 3 amide bonds. The van der Waals surface area contributed by atoms with Crippen LogP contribution < -0.4 is 10.6 Å². The summed E-state index contributed by atoms with van der Waals surface area (Å²) in [4.78, 5) is 45.2. The first-order chi connectivity index (χ1) is 23.0. The van der Waals surface area contributed by atoms with Gasteiger partial charge in [0.25, 0.3) is 0 Å². The zero-order valence-corrected chi connectivity index (χ0v) is 29.7. The second-order valence-electron chi connectivity index (χ2n) is 13.5. The maximum Gasteiger partial charge on any atom is 0.244 e. The average Bonchev–Trinajstić information content (AvgIpc) is 3.10. The molecule has 9 heteroatoms. The van der Waals surface area contributed by atoms with Crippen LogP contribution in [-0.2, 0) is 20.8 Å². The summed E-state index contributed by atoms with van der Waals surface area (Å²) >= 11 is 0. The molecule has 0 spiro atoms. The van der Waals surface area contributed by atoms with E-state index >= 15 is 0 Å². The Labute approximate surface area is 289 Å². The molecule has 1 saturated carbocycles. The minimum atomic E-state index is -1.21. The summed E-state index contributed by atoms with van der Waals surface area (Å²) in [6.45, 7) is 6.01. The number of amides is 3. The Morgan fingerprint density at radius 1 is 0.979 bits per heavy atom. The number of carbonyl (C=O) groups is 3. The zero-order valence-electron chi connectivity index (χ0n) is 29.7. The molecule has 48 heavy (non-hydrogen) atoms. The van der Waals surface area contributed by atoms with E-state index in [4.69, 9.17) is 12.8 Å². The van der Waals surface area contributed by atoms with Crippen molar-refractivity contribution in [3.8, 4) is 24.7 Å². The highest BCUT2D eigenvalue weighted by atomic mass is 16.3. The number of hydrogen-bond donors (Lipinski definition) is 4. The third-order valence-electron chi connectivity index (χ3n) is 9.80. The highest BCUT2D eigenvalue weighted by molar-refractivity contribution is 5.91. The molecule has 1 aromatic carbocycles. The van der Waals surface area contributed by atoms with Crippen LogP contribution in [0.5, 0.6) is 0 Å². The molecule has 266 valence electrons. The number of benzene rings is 1. The number of terminal acetylenes is 2. The first kappa shape index (κ1) is 40.8. The lowest BCUT2D eigenvalue weighted by Crippen LogP contribution is -2.57. The van der Waals surface area contributed by atoms with Gasteiger partial charge in [0.15, 0.2) is 0 Å². The van der Waals surface area contributed by atoms with E-state index < -0.39 is 47.9 Å². The first-order valence-corrected chi connectivity index (χ1v) is 17.9. The number of carbonyl (C=O) groups excluding carboxylic acids is 3. The number of likely N-dealkylation sites (N-methyl/N-ethyl adjacent to an activating group) is 2. The highest BCUT2D eigenvalue weighted by Crippen LogP contribution is 2.29. The minimum Gasteiger partial charge on any atom is -0.390 e. The molecule has 0 aliphatic heterocycles. The molecule has 6 atom stereocenters. The number of aliphatic hydroxyl groups is 2. The molecule has 0 bridgehead atoms. The second kappa shape index (κ2) is 22.3. The summed E-state index contributed by atoms with van der Waals surface area (Å²) in [5, 5.41) is 28.1. The monoisotopic (exact) mass is 664 g/mol. The van der Waals surface area contributed by atoms with Crippen LogP contribution in [0, 0.1) is 42.4 Å². The van der Waals surface area contributed by atoms with Gasteiger partial charge in [-0.1, -0.05) is 76.3 Å². The van der Waals surface area contributed by atoms with Gasteiger partial charge in [0.05, 0.1) is 24.2 Å². The van der Waals surface area contributed by atoms with Crippen LogP contribution in [0.3, 0.4) is 0 Å². The third-order valence-corrected chi connectivity index (χ3v) is 9.80. The quantitative estimate of drug-likeness (QED) is 0.117. The summed E-state index contributed by atoms with van der Waals surface area (Å²) in [6, 6.07) is 7.68. The van der Waals surface area contributed by atoms with Crippen molar-refractivity contribution in [2.45, 2.75) is 115 Å². The van der Waals surface area contributed by atoms with E-state index in [-0.39, 0.29) is 12.3 Å². The smallest absolute Gasteiger partial charge is 0.244 e. The minimum absolute atomic E-state index is 0.0267. The van der Waals surface area contributed by atoms with Crippen molar-refractivity contribution in [2.24, 2.45) is 17.8 Å². The molecule has 0 saturated heterocycles. The van der Waals surface area contributed by atoms with Crippen LogP contribution in [0.1, 0.15) is 90.0 Å². The van der Waals surface area contributed by atoms with Crippen molar-refractivity contribution in [3.05, 3.63) is 35.9 Å².